The molecule has 4 aromatic rings. The highest BCUT2D eigenvalue weighted by Gasteiger charge is 2.22. The maximum absolute atomic E-state index is 12.8. The number of hydrogen-bond acceptors (Lipinski definition) is 9. The second-order valence-corrected chi connectivity index (χ2v) is 11.9. The second-order valence-electron chi connectivity index (χ2n) is 9.10. The number of nitrogens with one attached hydrogen (secondary N) is 4. The van der Waals surface area contributed by atoms with Gasteiger partial charge in [0.15, 0.2) is 0 Å². The molecule has 0 aliphatic rings. The van der Waals surface area contributed by atoms with Crippen LogP contribution < -0.4 is 32.7 Å². The smallest absolute Gasteiger partial charge is 0.323 e. The fraction of sp³-hybridized carbons (Fsp3) is 0. The highest BCUT2D eigenvalue weighted by molar-refractivity contribution is 7.86. The van der Waals surface area contributed by atoms with Crippen LogP contribution in [0.3, 0.4) is 0 Å². The van der Waals surface area contributed by atoms with E-state index in [9.17, 15) is 40.3 Å². The van der Waals surface area contributed by atoms with Crippen molar-refractivity contribution >= 4 is 72.2 Å². The van der Waals surface area contributed by atoms with E-state index >= 15 is 0 Å². The molecule has 0 fully saturated rings. The van der Waals surface area contributed by atoms with E-state index in [-0.39, 0.29) is 22.5 Å². The molecule has 15 nitrogen and oxygen atoms in total. The monoisotopic (exact) mass is 640 g/mol. The first kappa shape index (κ1) is 31.4. The van der Waals surface area contributed by atoms with E-state index in [0.717, 1.165) is 24.3 Å². The lowest BCUT2D eigenvalue weighted by molar-refractivity contribution is 0.101. The van der Waals surface area contributed by atoms with Crippen molar-refractivity contribution < 1.29 is 40.3 Å². The molecule has 228 valence electrons. The van der Waals surface area contributed by atoms with Crippen LogP contribution in [0.2, 0.25) is 0 Å². The Kier molecular flexibility index (Phi) is 8.86. The molecule has 0 radical (unpaired) electrons. The molecule has 0 bridgehead atoms. The molecule has 4 rings (SSSR count). The highest BCUT2D eigenvalue weighted by atomic mass is 32.2. The number of nitrogens with two attached hydrogens (primary N) is 2. The molecule has 0 unspecified atom stereocenters. The van der Waals surface area contributed by atoms with Crippen molar-refractivity contribution in [1.29, 1.82) is 0 Å². The maximum atomic E-state index is 12.8. The van der Waals surface area contributed by atoms with Gasteiger partial charge in [-0.15, -0.1) is 0 Å². The third-order valence-electron chi connectivity index (χ3n) is 5.88. The number of carbonyl (C=O) groups excluding carboxylic acids is 3. The van der Waals surface area contributed by atoms with Crippen molar-refractivity contribution in [3.63, 3.8) is 0 Å². The molecule has 44 heavy (non-hydrogen) atoms. The van der Waals surface area contributed by atoms with Gasteiger partial charge in [-0.2, -0.15) is 16.8 Å². The Balaban J connectivity index is 1.54. The molecule has 0 aromatic heterocycles. The minimum absolute atomic E-state index is 0.0457. The van der Waals surface area contributed by atoms with E-state index in [1.54, 1.807) is 0 Å². The molecule has 0 aliphatic heterocycles. The van der Waals surface area contributed by atoms with Crippen molar-refractivity contribution in [2.24, 2.45) is 0 Å². The quantitative estimate of drug-likeness (QED) is 0.102. The van der Waals surface area contributed by atoms with Crippen molar-refractivity contribution in [2.45, 2.75) is 9.79 Å². The van der Waals surface area contributed by atoms with Gasteiger partial charge in [0.2, 0.25) is 0 Å². The summed E-state index contributed by atoms with van der Waals surface area (Å²) in [5, 5.41) is 9.23. The normalized spacial score (nSPS) is 11.3. The zero-order chi connectivity index (χ0) is 32.2. The predicted octanol–water partition coefficient (Wildman–Crippen LogP) is 3.49. The Labute approximate surface area is 250 Å². The maximum Gasteiger partial charge on any atom is 0.323 e. The van der Waals surface area contributed by atoms with Crippen LogP contribution in [0, 0.1) is 0 Å². The Morgan fingerprint density at radius 1 is 0.523 bits per heavy atom. The third kappa shape index (κ3) is 7.86. The molecule has 0 aliphatic carbocycles. The lowest BCUT2D eigenvalue weighted by atomic mass is 10.2. The van der Waals surface area contributed by atoms with E-state index in [1.807, 2.05) is 0 Å². The standard InChI is InChI=1S/C27H24N6O9S2/c28-17-5-1-15(2-6-17)25(34)30-19-9-11-21(23(13-19)43(37,38)39)32-27(36)33-22-12-10-20(14-24(22)44(40,41)42)31-26(35)16-3-7-18(29)8-4-16/h1-14H,28-29H2,(H,30,34)(H,31,35)(H2,32,33,36)(H,37,38,39)(H,40,41,42). The summed E-state index contributed by atoms with van der Waals surface area (Å²) in [6.07, 6.45) is 0. The predicted molar refractivity (Wildman–Crippen MR) is 163 cm³/mol. The van der Waals surface area contributed by atoms with Crippen molar-refractivity contribution in [3.05, 3.63) is 96.1 Å². The van der Waals surface area contributed by atoms with Crippen LogP contribution in [0.1, 0.15) is 20.7 Å². The Morgan fingerprint density at radius 3 is 1.18 bits per heavy atom. The highest BCUT2D eigenvalue weighted by Crippen LogP contribution is 2.28. The molecule has 4 aromatic carbocycles. The van der Waals surface area contributed by atoms with Crippen LogP contribution in [0.5, 0.6) is 0 Å². The zero-order valence-electron chi connectivity index (χ0n) is 22.3. The SMILES string of the molecule is Nc1ccc(C(=O)Nc2ccc(NC(=O)Nc3ccc(NC(=O)c4ccc(N)cc4)cc3S(=O)(=O)O)c(S(=O)(=O)O)c2)cc1. The second kappa shape index (κ2) is 12.4. The molecule has 0 spiro atoms. The summed E-state index contributed by atoms with van der Waals surface area (Å²) >= 11 is 0. The average molecular weight is 641 g/mol. The summed E-state index contributed by atoms with van der Waals surface area (Å²) < 4.78 is 67.8. The van der Waals surface area contributed by atoms with Crippen molar-refractivity contribution in [2.75, 3.05) is 32.7 Å². The van der Waals surface area contributed by atoms with E-state index in [4.69, 9.17) is 11.5 Å². The van der Waals surface area contributed by atoms with Crippen molar-refractivity contribution in [1.82, 2.24) is 0 Å². The first-order valence-corrected chi connectivity index (χ1v) is 15.1. The summed E-state index contributed by atoms with van der Waals surface area (Å²) in [7, 11) is -9.90. The summed E-state index contributed by atoms with van der Waals surface area (Å²) in [6, 6.07) is 16.9. The number of benzene rings is 4. The molecule has 4 amide bonds. The van der Waals surface area contributed by atoms with Crippen LogP contribution >= 0.6 is 0 Å². The molecule has 17 heteroatoms. The Bertz CT molecular complexity index is 1840. The lowest BCUT2D eigenvalue weighted by Crippen LogP contribution is -2.22. The molecule has 0 saturated carbocycles. The van der Waals surface area contributed by atoms with Gasteiger partial charge in [0, 0.05) is 33.9 Å². The minimum Gasteiger partial charge on any atom is -0.399 e. The van der Waals surface area contributed by atoms with E-state index < -0.39 is 59.2 Å². The number of nitrogen functional groups attached to an aromatic ring is 2. The van der Waals surface area contributed by atoms with Crippen LogP contribution in [0.25, 0.3) is 0 Å². The summed E-state index contributed by atoms with van der Waals surface area (Å²) in [5.41, 5.74) is 11.5. The van der Waals surface area contributed by atoms with Gasteiger partial charge < -0.3 is 32.7 Å². The van der Waals surface area contributed by atoms with Crippen LogP contribution in [-0.2, 0) is 20.2 Å². The number of rotatable bonds is 8. The minimum atomic E-state index is -4.95. The number of amides is 4. The van der Waals surface area contributed by atoms with Gasteiger partial charge in [0.25, 0.3) is 32.1 Å². The fourth-order valence-electron chi connectivity index (χ4n) is 3.78. The molecule has 10 N–H and O–H groups in total. The van der Waals surface area contributed by atoms with Gasteiger partial charge in [0.1, 0.15) is 9.79 Å². The van der Waals surface area contributed by atoms with Gasteiger partial charge in [-0.1, -0.05) is 0 Å². The van der Waals surface area contributed by atoms with Crippen LogP contribution in [0.4, 0.5) is 38.9 Å². The fourth-order valence-corrected chi connectivity index (χ4v) is 5.13. The topological polar surface area (TPSA) is 260 Å². The van der Waals surface area contributed by atoms with Gasteiger partial charge in [-0.05, 0) is 84.9 Å². The molecular weight excluding hydrogens is 616 g/mol. The number of urea groups is 1. The zero-order valence-corrected chi connectivity index (χ0v) is 23.9. The molecule has 0 saturated heterocycles. The van der Waals surface area contributed by atoms with Crippen LogP contribution in [-0.4, -0.2) is 43.8 Å². The summed E-state index contributed by atoms with van der Waals surface area (Å²) in [5.74, 6) is -1.23. The number of carbonyl (C=O) groups is 3. The average Bonchev–Trinajstić information content (AvgIpc) is 2.94. The first-order valence-electron chi connectivity index (χ1n) is 12.2. The van der Waals surface area contributed by atoms with Gasteiger partial charge in [-0.25, -0.2) is 4.79 Å². The Hall–Kier alpha value is -5.49. The molecule has 0 atom stereocenters. The number of anilines is 6. The lowest BCUT2D eigenvalue weighted by Gasteiger charge is -2.15. The van der Waals surface area contributed by atoms with E-state index in [0.29, 0.717) is 11.4 Å². The third-order valence-corrected chi connectivity index (χ3v) is 7.66. The van der Waals surface area contributed by atoms with Gasteiger partial charge >= 0.3 is 6.03 Å². The summed E-state index contributed by atoms with van der Waals surface area (Å²) in [6.45, 7) is 0. The van der Waals surface area contributed by atoms with Gasteiger partial charge in [0.05, 0.1) is 11.4 Å². The summed E-state index contributed by atoms with van der Waals surface area (Å²) in [4.78, 5) is 36.2. The Morgan fingerprint density at radius 2 is 0.864 bits per heavy atom. The van der Waals surface area contributed by atoms with Gasteiger partial charge in [-0.3, -0.25) is 18.7 Å². The van der Waals surface area contributed by atoms with E-state index in [1.165, 1.54) is 60.7 Å². The first-order chi connectivity index (χ1) is 20.6. The van der Waals surface area contributed by atoms with Crippen LogP contribution in [0.15, 0.2) is 94.7 Å². The molecule has 0 heterocycles. The van der Waals surface area contributed by atoms with Crippen molar-refractivity contribution in [3.8, 4) is 0 Å². The molecular formula is C27H24N6O9S2. The number of hydrogen-bond donors (Lipinski definition) is 8. The largest absolute Gasteiger partial charge is 0.399 e. The van der Waals surface area contributed by atoms with E-state index in [2.05, 4.69) is 21.3 Å².